The highest BCUT2D eigenvalue weighted by molar-refractivity contribution is 14.0. The third kappa shape index (κ3) is 4.80. The lowest BCUT2D eigenvalue weighted by atomic mass is 10.2. The minimum Gasteiger partial charge on any atom is -0.459 e. The summed E-state index contributed by atoms with van der Waals surface area (Å²) in [6.07, 6.45) is -0.243. The van der Waals surface area contributed by atoms with Gasteiger partial charge >= 0.3 is 6.09 Å². The molecule has 0 spiro atoms. The molecule has 1 aliphatic rings. The van der Waals surface area contributed by atoms with Crippen molar-refractivity contribution in [2.45, 2.75) is 13.5 Å². The standard InChI is InChI=1S/C18H24N4O3.HI/c1-3-24-18(23)22-10-8-21(9-11-22)17(19-2)20-13-15-12-14-6-4-5-7-16(14)25-15;/h4-7,12H,3,8-11,13H2,1-2H3,(H,19,20);1H. The van der Waals surface area contributed by atoms with Crippen molar-refractivity contribution in [2.24, 2.45) is 4.99 Å². The number of guanidine groups is 1. The molecule has 0 radical (unpaired) electrons. The first-order valence-electron chi connectivity index (χ1n) is 8.56. The third-order valence-electron chi connectivity index (χ3n) is 4.21. The van der Waals surface area contributed by atoms with E-state index in [1.54, 1.807) is 11.9 Å². The van der Waals surface area contributed by atoms with Crippen molar-refractivity contribution in [2.75, 3.05) is 39.8 Å². The van der Waals surface area contributed by atoms with Crippen molar-refractivity contribution in [1.29, 1.82) is 0 Å². The molecule has 142 valence electrons. The number of carbonyl (C=O) groups excluding carboxylic acids is 1. The number of fused-ring (bicyclic) bond motifs is 1. The Balaban J connectivity index is 0.00000243. The van der Waals surface area contributed by atoms with Crippen LogP contribution in [-0.2, 0) is 11.3 Å². The first-order chi connectivity index (χ1) is 12.2. The summed E-state index contributed by atoms with van der Waals surface area (Å²) in [5.74, 6) is 1.68. The Labute approximate surface area is 170 Å². The minimum atomic E-state index is -0.243. The van der Waals surface area contributed by atoms with Crippen LogP contribution in [0.4, 0.5) is 4.79 Å². The fraction of sp³-hybridized carbons (Fsp3) is 0.444. The number of ether oxygens (including phenoxy) is 1. The highest BCUT2D eigenvalue weighted by atomic mass is 127. The van der Waals surface area contributed by atoms with Crippen molar-refractivity contribution < 1.29 is 13.9 Å². The average molecular weight is 472 g/mol. The lowest BCUT2D eigenvalue weighted by Crippen LogP contribution is -2.53. The van der Waals surface area contributed by atoms with E-state index in [1.165, 1.54) is 0 Å². The molecule has 1 amide bonds. The van der Waals surface area contributed by atoms with Crippen molar-refractivity contribution in [3.05, 3.63) is 36.1 Å². The summed E-state index contributed by atoms with van der Waals surface area (Å²) in [6, 6.07) is 9.99. The van der Waals surface area contributed by atoms with Crippen LogP contribution in [0.3, 0.4) is 0 Å². The molecule has 0 saturated carbocycles. The second-order valence-corrected chi connectivity index (χ2v) is 5.82. The lowest BCUT2D eigenvalue weighted by molar-refractivity contribution is 0.0914. The van der Waals surface area contributed by atoms with Crippen molar-refractivity contribution >= 4 is 47.0 Å². The zero-order chi connectivity index (χ0) is 17.6. The number of aliphatic imine (C=N–C) groups is 1. The van der Waals surface area contributed by atoms with Crippen LogP contribution in [0.2, 0.25) is 0 Å². The molecule has 26 heavy (non-hydrogen) atoms. The Morgan fingerprint density at radius 1 is 1.23 bits per heavy atom. The van der Waals surface area contributed by atoms with Crippen LogP contribution in [0, 0.1) is 0 Å². The number of piperazine rings is 1. The number of amides is 1. The Bertz CT molecular complexity index is 721. The maximum atomic E-state index is 11.8. The number of hydrogen-bond acceptors (Lipinski definition) is 4. The quantitative estimate of drug-likeness (QED) is 0.423. The summed E-state index contributed by atoms with van der Waals surface area (Å²) < 4.78 is 10.9. The predicted octanol–water partition coefficient (Wildman–Crippen LogP) is 2.90. The molecular weight excluding hydrogens is 447 g/mol. The summed E-state index contributed by atoms with van der Waals surface area (Å²) >= 11 is 0. The molecule has 1 fully saturated rings. The zero-order valence-electron chi connectivity index (χ0n) is 15.1. The van der Waals surface area contributed by atoms with Gasteiger partial charge in [-0.15, -0.1) is 24.0 Å². The van der Waals surface area contributed by atoms with Gasteiger partial charge < -0.3 is 24.3 Å². The van der Waals surface area contributed by atoms with Gasteiger partial charge in [-0.25, -0.2) is 4.79 Å². The van der Waals surface area contributed by atoms with E-state index in [9.17, 15) is 4.79 Å². The van der Waals surface area contributed by atoms with Gasteiger partial charge in [-0.2, -0.15) is 0 Å². The smallest absolute Gasteiger partial charge is 0.409 e. The van der Waals surface area contributed by atoms with Gasteiger partial charge in [0.15, 0.2) is 5.96 Å². The molecule has 2 aromatic rings. The molecular formula is C18H25IN4O3. The summed E-state index contributed by atoms with van der Waals surface area (Å²) in [5, 5.41) is 4.43. The second kappa shape index (κ2) is 9.65. The molecule has 8 heteroatoms. The van der Waals surface area contributed by atoms with E-state index < -0.39 is 0 Å². The second-order valence-electron chi connectivity index (χ2n) is 5.82. The number of hydrogen-bond donors (Lipinski definition) is 1. The Morgan fingerprint density at radius 3 is 2.58 bits per heavy atom. The van der Waals surface area contributed by atoms with Crippen molar-refractivity contribution in [3.63, 3.8) is 0 Å². The van der Waals surface area contributed by atoms with Gasteiger partial charge in [0.25, 0.3) is 0 Å². The fourth-order valence-corrected chi connectivity index (χ4v) is 2.94. The molecule has 1 saturated heterocycles. The van der Waals surface area contributed by atoms with Crippen LogP contribution in [0.5, 0.6) is 0 Å². The molecule has 1 aromatic carbocycles. The predicted molar refractivity (Wildman–Crippen MR) is 112 cm³/mol. The maximum absolute atomic E-state index is 11.8. The molecule has 0 aliphatic carbocycles. The van der Waals surface area contributed by atoms with E-state index >= 15 is 0 Å². The zero-order valence-corrected chi connectivity index (χ0v) is 17.4. The summed E-state index contributed by atoms with van der Waals surface area (Å²) in [5.41, 5.74) is 0.886. The van der Waals surface area contributed by atoms with Gasteiger partial charge in [-0.1, -0.05) is 18.2 Å². The molecule has 3 rings (SSSR count). The molecule has 0 bridgehead atoms. The van der Waals surface area contributed by atoms with Crippen LogP contribution in [-0.4, -0.2) is 61.7 Å². The molecule has 1 aliphatic heterocycles. The number of rotatable bonds is 3. The maximum Gasteiger partial charge on any atom is 0.409 e. The summed E-state index contributed by atoms with van der Waals surface area (Å²) in [7, 11) is 1.76. The molecule has 1 aromatic heterocycles. The van der Waals surface area contributed by atoms with Gasteiger partial charge in [-0.05, 0) is 19.1 Å². The number of benzene rings is 1. The third-order valence-corrected chi connectivity index (χ3v) is 4.21. The Hall–Kier alpha value is -1.97. The Morgan fingerprint density at radius 2 is 1.92 bits per heavy atom. The van der Waals surface area contributed by atoms with E-state index in [-0.39, 0.29) is 30.1 Å². The van der Waals surface area contributed by atoms with Gasteiger partial charge in [-0.3, -0.25) is 4.99 Å². The average Bonchev–Trinajstić information content (AvgIpc) is 3.06. The number of carbonyl (C=O) groups is 1. The lowest BCUT2D eigenvalue weighted by Gasteiger charge is -2.35. The first-order valence-corrected chi connectivity index (χ1v) is 8.56. The Kier molecular flexibility index (Phi) is 7.55. The molecule has 0 atom stereocenters. The van der Waals surface area contributed by atoms with E-state index in [0.29, 0.717) is 26.2 Å². The van der Waals surface area contributed by atoms with Crippen molar-refractivity contribution in [3.8, 4) is 0 Å². The number of halogens is 1. The number of furan rings is 1. The van der Waals surface area contributed by atoms with Gasteiger partial charge in [0, 0.05) is 38.6 Å². The van der Waals surface area contributed by atoms with Gasteiger partial charge in [0.2, 0.25) is 0 Å². The molecule has 1 N–H and O–H groups in total. The molecule has 0 unspecified atom stereocenters. The van der Waals surface area contributed by atoms with Crippen LogP contribution in [0.1, 0.15) is 12.7 Å². The first kappa shape index (κ1) is 20.3. The van der Waals surface area contributed by atoms with Crippen molar-refractivity contribution in [1.82, 2.24) is 15.1 Å². The normalized spacial score (nSPS) is 14.9. The fourth-order valence-electron chi connectivity index (χ4n) is 2.94. The van der Waals surface area contributed by atoms with E-state index in [0.717, 1.165) is 35.8 Å². The molecule has 2 heterocycles. The number of para-hydroxylation sites is 1. The largest absolute Gasteiger partial charge is 0.459 e. The number of nitrogens with one attached hydrogen (secondary N) is 1. The molecule has 7 nitrogen and oxygen atoms in total. The SMILES string of the molecule is CCOC(=O)N1CCN(C(=NC)NCc2cc3ccccc3o2)CC1.I. The topological polar surface area (TPSA) is 70.3 Å². The highest BCUT2D eigenvalue weighted by Gasteiger charge is 2.23. The van der Waals surface area contributed by atoms with E-state index in [1.807, 2.05) is 37.3 Å². The van der Waals surface area contributed by atoms with Crippen LogP contribution in [0.15, 0.2) is 39.7 Å². The van der Waals surface area contributed by atoms with Crippen LogP contribution in [0.25, 0.3) is 11.0 Å². The monoisotopic (exact) mass is 472 g/mol. The summed E-state index contributed by atoms with van der Waals surface area (Å²) in [4.78, 5) is 20.0. The van der Waals surface area contributed by atoms with Gasteiger partial charge in [0.05, 0.1) is 13.2 Å². The van der Waals surface area contributed by atoms with Gasteiger partial charge in [0.1, 0.15) is 11.3 Å². The van der Waals surface area contributed by atoms with Crippen LogP contribution >= 0.6 is 24.0 Å². The van der Waals surface area contributed by atoms with E-state index in [2.05, 4.69) is 15.2 Å². The van der Waals surface area contributed by atoms with E-state index in [4.69, 9.17) is 9.15 Å². The van der Waals surface area contributed by atoms with Crippen LogP contribution < -0.4 is 5.32 Å². The number of nitrogens with zero attached hydrogens (tertiary/aromatic N) is 3. The summed E-state index contributed by atoms with van der Waals surface area (Å²) in [6.45, 7) is 5.49. The minimum absolute atomic E-state index is 0. The highest BCUT2D eigenvalue weighted by Crippen LogP contribution is 2.18.